The molecule has 6 heteroatoms. The molecule has 3 aromatic rings. The molecule has 1 atom stereocenters. The van der Waals surface area contributed by atoms with E-state index >= 15 is 0 Å². The maximum Gasteiger partial charge on any atom is 0.143 e. The zero-order valence-electron chi connectivity index (χ0n) is 17.2. The summed E-state index contributed by atoms with van der Waals surface area (Å²) in [6, 6.07) is 6.72. The summed E-state index contributed by atoms with van der Waals surface area (Å²) in [5, 5.41) is 4.06. The number of hydrogen-bond donors (Lipinski definition) is 0. The van der Waals surface area contributed by atoms with Crippen LogP contribution in [0.4, 0.5) is 0 Å². The van der Waals surface area contributed by atoms with Crippen LogP contribution in [-0.4, -0.2) is 37.7 Å². The Kier molecular flexibility index (Phi) is 5.31. The van der Waals surface area contributed by atoms with Gasteiger partial charge in [0, 0.05) is 30.7 Å². The SMILES string of the molecule is Cc1noc(C)c1-c1cccc(CC2CCN(Cc3nccn3C(C)C)C2)n1. The Hall–Kier alpha value is -2.47. The second-order valence-electron chi connectivity index (χ2n) is 8.15. The molecule has 0 aromatic carbocycles. The predicted molar refractivity (Wildman–Crippen MR) is 109 cm³/mol. The van der Waals surface area contributed by atoms with Crippen molar-refractivity contribution in [1.29, 1.82) is 0 Å². The zero-order valence-corrected chi connectivity index (χ0v) is 17.2. The molecule has 0 spiro atoms. The molecule has 0 bridgehead atoms. The third-order valence-corrected chi connectivity index (χ3v) is 5.63. The van der Waals surface area contributed by atoms with Gasteiger partial charge in [-0.25, -0.2) is 4.98 Å². The summed E-state index contributed by atoms with van der Waals surface area (Å²) >= 11 is 0. The van der Waals surface area contributed by atoms with Crippen LogP contribution in [0.2, 0.25) is 0 Å². The quantitative estimate of drug-likeness (QED) is 0.642. The van der Waals surface area contributed by atoms with Gasteiger partial charge in [0.2, 0.25) is 0 Å². The van der Waals surface area contributed by atoms with Crippen LogP contribution in [0.1, 0.15) is 49.3 Å². The van der Waals surface area contributed by atoms with Crippen LogP contribution >= 0.6 is 0 Å². The third kappa shape index (κ3) is 3.87. The van der Waals surface area contributed by atoms with Gasteiger partial charge in [-0.15, -0.1) is 0 Å². The predicted octanol–water partition coefficient (Wildman–Crippen LogP) is 4.20. The Balaban J connectivity index is 1.41. The molecule has 0 amide bonds. The highest BCUT2D eigenvalue weighted by molar-refractivity contribution is 5.63. The van der Waals surface area contributed by atoms with Crippen molar-refractivity contribution < 1.29 is 4.52 Å². The number of hydrogen-bond acceptors (Lipinski definition) is 5. The van der Waals surface area contributed by atoms with Gasteiger partial charge in [0.25, 0.3) is 0 Å². The summed E-state index contributed by atoms with van der Waals surface area (Å²) < 4.78 is 7.57. The number of likely N-dealkylation sites (tertiary alicyclic amines) is 1. The van der Waals surface area contributed by atoms with E-state index in [4.69, 9.17) is 9.51 Å². The Morgan fingerprint density at radius 1 is 1.25 bits per heavy atom. The highest BCUT2D eigenvalue weighted by atomic mass is 16.5. The molecule has 0 N–H and O–H groups in total. The van der Waals surface area contributed by atoms with E-state index in [-0.39, 0.29) is 0 Å². The van der Waals surface area contributed by atoms with Gasteiger partial charge in [-0.05, 0) is 65.1 Å². The lowest BCUT2D eigenvalue weighted by Gasteiger charge is -2.18. The molecular weight excluding hydrogens is 350 g/mol. The molecule has 1 fully saturated rings. The largest absolute Gasteiger partial charge is 0.361 e. The second-order valence-corrected chi connectivity index (χ2v) is 8.15. The van der Waals surface area contributed by atoms with E-state index < -0.39 is 0 Å². The van der Waals surface area contributed by atoms with Crippen LogP contribution in [0, 0.1) is 19.8 Å². The van der Waals surface area contributed by atoms with Gasteiger partial charge in [-0.3, -0.25) is 9.88 Å². The van der Waals surface area contributed by atoms with Crippen LogP contribution in [0.5, 0.6) is 0 Å². The van der Waals surface area contributed by atoms with E-state index in [1.807, 2.05) is 26.1 Å². The molecule has 4 heterocycles. The highest BCUT2D eigenvalue weighted by Gasteiger charge is 2.24. The number of aryl methyl sites for hydroxylation is 2. The maximum atomic E-state index is 5.31. The van der Waals surface area contributed by atoms with E-state index in [1.165, 1.54) is 6.42 Å². The summed E-state index contributed by atoms with van der Waals surface area (Å²) in [6.07, 6.45) is 6.20. The van der Waals surface area contributed by atoms with Gasteiger partial charge in [0.05, 0.1) is 23.5 Å². The van der Waals surface area contributed by atoms with E-state index in [2.05, 4.69) is 51.8 Å². The third-order valence-electron chi connectivity index (χ3n) is 5.63. The molecule has 1 aliphatic rings. The van der Waals surface area contributed by atoms with Crippen molar-refractivity contribution in [2.45, 2.75) is 53.1 Å². The second kappa shape index (κ2) is 7.87. The zero-order chi connectivity index (χ0) is 19.7. The molecule has 1 aliphatic heterocycles. The topological polar surface area (TPSA) is 60.0 Å². The van der Waals surface area contributed by atoms with Gasteiger partial charge in [-0.1, -0.05) is 11.2 Å². The smallest absolute Gasteiger partial charge is 0.143 e. The molecule has 28 heavy (non-hydrogen) atoms. The first kappa shape index (κ1) is 18.9. The van der Waals surface area contributed by atoms with Crippen LogP contribution in [-0.2, 0) is 13.0 Å². The fraction of sp³-hybridized carbons (Fsp3) is 0.500. The Bertz CT molecular complexity index is 923. The molecule has 0 aliphatic carbocycles. The standard InChI is InChI=1S/C22H29N5O/c1-15(2)27-11-9-23-21(27)14-26-10-8-18(13-26)12-19-6-5-7-20(24-19)22-16(3)25-28-17(22)4/h5-7,9,11,15,18H,8,10,12-14H2,1-4H3. The molecule has 4 rings (SSSR count). The minimum absolute atomic E-state index is 0.451. The lowest BCUT2D eigenvalue weighted by atomic mass is 10.0. The van der Waals surface area contributed by atoms with Crippen molar-refractivity contribution in [3.05, 3.63) is 53.6 Å². The Morgan fingerprint density at radius 3 is 2.86 bits per heavy atom. The van der Waals surface area contributed by atoms with Gasteiger partial charge >= 0.3 is 0 Å². The van der Waals surface area contributed by atoms with Crippen molar-refractivity contribution >= 4 is 0 Å². The van der Waals surface area contributed by atoms with Crippen LogP contribution in [0.3, 0.4) is 0 Å². The molecule has 1 unspecified atom stereocenters. The minimum Gasteiger partial charge on any atom is -0.361 e. The molecule has 1 saturated heterocycles. The van der Waals surface area contributed by atoms with Crippen molar-refractivity contribution in [1.82, 2.24) is 24.6 Å². The van der Waals surface area contributed by atoms with Crippen molar-refractivity contribution in [3.63, 3.8) is 0 Å². The first-order valence-corrected chi connectivity index (χ1v) is 10.1. The first-order chi connectivity index (χ1) is 13.5. The van der Waals surface area contributed by atoms with E-state index in [0.29, 0.717) is 12.0 Å². The molecule has 3 aromatic heterocycles. The van der Waals surface area contributed by atoms with Crippen molar-refractivity contribution in [2.24, 2.45) is 5.92 Å². The van der Waals surface area contributed by atoms with E-state index in [1.54, 1.807) is 0 Å². The lowest BCUT2D eigenvalue weighted by Crippen LogP contribution is -2.23. The number of imidazole rings is 1. The van der Waals surface area contributed by atoms with Gasteiger partial charge in [0.1, 0.15) is 11.6 Å². The monoisotopic (exact) mass is 379 g/mol. The molecule has 6 nitrogen and oxygen atoms in total. The van der Waals surface area contributed by atoms with Crippen molar-refractivity contribution in [3.8, 4) is 11.3 Å². The van der Waals surface area contributed by atoms with E-state index in [9.17, 15) is 0 Å². The summed E-state index contributed by atoms with van der Waals surface area (Å²) in [7, 11) is 0. The average Bonchev–Trinajstić information content (AvgIpc) is 3.37. The van der Waals surface area contributed by atoms with Crippen LogP contribution in [0.15, 0.2) is 35.1 Å². The number of rotatable bonds is 6. The first-order valence-electron chi connectivity index (χ1n) is 10.1. The summed E-state index contributed by atoms with van der Waals surface area (Å²) in [4.78, 5) is 12.0. The maximum absolute atomic E-state index is 5.31. The fourth-order valence-corrected chi connectivity index (χ4v) is 4.24. The molecule has 148 valence electrons. The van der Waals surface area contributed by atoms with Crippen LogP contribution in [0.25, 0.3) is 11.3 Å². The normalized spacial score (nSPS) is 17.7. The number of aromatic nitrogens is 4. The molecule has 0 saturated carbocycles. The Morgan fingerprint density at radius 2 is 2.11 bits per heavy atom. The summed E-state index contributed by atoms with van der Waals surface area (Å²) in [6.45, 7) is 11.5. The summed E-state index contributed by atoms with van der Waals surface area (Å²) in [5.74, 6) is 2.62. The number of nitrogens with zero attached hydrogens (tertiary/aromatic N) is 5. The van der Waals surface area contributed by atoms with Gasteiger partial charge in [-0.2, -0.15) is 0 Å². The van der Waals surface area contributed by atoms with Gasteiger partial charge in [0.15, 0.2) is 0 Å². The minimum atomic E-state index is 0.451. The van der Waals surface area contributed by atoms with Gasteiger partial charge < -0.3 is 9.09 Å². The lowest BCUT2D eigenvalue weighted by molar-refractivity contribution is 0.300. The molecular formula is C22H29N5O. The summed E-state index contributed by atoms with van der Waals surface area (Å²) in [5.41, 5.74) is 4.03. The molecule has 0 radical (unpaired) electrons. The van der Waals surface area contributed by atoms with Crippen molar-refractivity contribution in [2.75, 3.05) is 13.1 Å². The van der Waals surface area contributed by atoms with Crippen LogP contribution < -0.4 is 0 Å². The average molecular weight is 380 g/mol. The number of pyridine rings is 1. The highest BCUT2D eigenvalue weighted by Crippen LogP contribution is 2.27. The van der Waals surface area contributed by atoms with E-state index in [0.717, 1.165) is 60.3 Å². The Labute approximate surface area is 166 Å². The fourth-order valence-electron chi connectivity index (χ4n) is 4.24.